The van der Waals surface area contributed by atoms with Crippen LogP contribution in [-0.2, 0) is 44.6 Å². The van der Waals surface area contributed by atoms with Gasteiger partial charge in [0.25, 0.3) is 0 Å². The van der Waals surface area contributed by atoms with Gasteiger partial charge in [-0.15, -0.1) is 17.7 Å². The third-order valence-electron chi connectivity index (χ3n) is 10.4. The summed E-state index contributed by atoms with van der Waals surface area (Å²) >= 11 is -2.32. The van der Waals surface area contributed by atoms with E-state index in [4.69, 9.17) is 18.1 Å². The first-order chi connectivity index (χ1) is 31.1. The number of nitrogens with zero attached hydrogens (tertiary/aromatic N) is 2. The van der Waals surface area contributed by atoms with E-state index in [-0.39, 0.29) is 55.1 Å². The molecule has 0 bridgehead atoms. The fraction of sp³-hybridized carbons (Fsp3) is 0.370. The third-order valence-corrected chi connectivity index (χ3v) is 14.7. The molecule has 0 N–H and O–H groups in total. The van der Waals surface area contributed by atoms with Gasteiger partial charge in [-0.05, 0) is 65.0 Å². The monoisotopic (exact) mass is 1030 g/mol. The van der Waals surface area contributed by atoms with Gasteiger partial charge in [0.05, 0.1) is 5.58 Å². The Balaban J connectivity index is 0.000000244. The predicted molar refractivity (Wildman–Crippen MR) is 250 cm³/mol. The zero-order chi connectivity index (χ0) is 50.4. The Labute approximate surface area is 384 Å². The van der Waals surface area contributed by atoms with E-state index < -0.39 is 50.5 Å². The number of fused-ring (bicyclic) bond motifs is 4. The number of hydrogen-bond acceptors (Lipinski definition) is 3. The minimum Gasteiger partial charge on any atom is -0.501 e. The molecule has 3 heterocycles. The van der Waals surface area contributed by atoms with Crippen molar-refractivity contribution in [2.45, 2.75) is 123 Å². The molecule has 0 fully saturated rings. The summed E-state index contributed by atoms with van der Waals surface area (Å²) in [6, 6.07) is 31.0. The van der Waals surface area contributed by atoms with Crippen molar-refractivity contribution >= 4 is 39.6 Å². The Bertz CT molecular complexity index is 3020. The van der Waals surface area contributed by atoms with Crippen molar-refractivity contribution in [3.63, 3.8) is 0 Å². The second kappa shape index (κ2) is 17.6. The van der Waals surface area contributed by atoms with Crippen LogP contribution < -0.4 is 4.40 Å². The van der Waals surface area contributed by atoms with Crippen LogP contribution >= 0.6 is 0 Å². The maximum atomic E-state index is 8.87. The zero-order valence-electron chi connectivity index (χ0n) is 46.2. The molecule has 59 heavy (non-hydrogen) atoms. The molecule has 0 saturated heterocycles. The first kappa shape index (κ1) is 32.9. The summed E-state index contributed by atoms with van der Waals surface area (Å²) in [5.41, 5.74) is 8.05. The number of aromatic nitrogens is 2. The molecule has 8 rings (SSSR count). The first-order valence-corrected chi connectivity index (χ1v) is 27.5. The summed E-state index contributed by atoms with van der Waals surface area (Å²) in [6.45, 7) is 13.6. The maximum absolute atomic E-state index is 8.87. The molecule has 0 amide bonds. The van der Waals surface area contributed by atoms with E-state index in [0.717, 1.165) is 37.9 Å². The molecule has 7 aromatic rings. The topological polar surface area (TPSA) is 38.9 Å². The van der Waals surface area contributed by atoms with Crippen molar-refractivity contribution in [3.8, 4) is 33.6 Å². The standard InChI is InChI=1S/C32H30NO.C22H32GeN.Ir/c1-20-9-15-26(28-17-22-7-5-6-8-24(22)19-33-28)31-30(20)27-16-12-23(18-29(27)34-31)21-10-13-25(14-11-21)32(2,3)4;1-16(2)17-10-9-11-18(12-17)21-13-19(14-22(3,4)5)20(15-24-21)23(6,7)8;/h9-14,16-19H,5-8H2,1-4H3;9-10,12-13,15-16H,14H2,1-8H3;/q2*-1;/i1D3,7D2,8D2;14D2,16D;. The molecule has 0 saturated carbocycles. The third kappa shape index (κ3) is 10.2. The van der Waals surface area contributed by atoms with Crippen molar-refractivity contribution < 1.29 is 38.2 Å². The summed E-state index contributed by atoms with van der Waals surface area (Å²) in [7, 11) is 0. The van der Waals surface area contributed by atoms with Crippen molar-refractivity contribution in [2.75, 3.05) is 0 Å². The van der Waals surface area contributed by atoms with E-state index in [2.05, 4.69) is 84.4 Å². The van der Waals surface area contributed by atoms with Crippen molar-refractivity contribution in [1.29, 1.82) is 0 Å². The Kier molecular flexibility index (Phi) is 9.83. The van der Waals surface area contributed by atoms with Crippen molar-refractivity contribution in [3.05, 3.63) is 137 Å². The van der Waals surface area contributed by atoms with Gasteiger partial charge in [-0.3, -0.25) is 0 Å². The molecule has 3 nitrogen and oxygen atoms in total. The Morgan fingerprint density at radius 2 is 1.54 bits per heavy atom. The largest absolute Gasteiger partial charge is 0.501 e. The maximum Gasteiger partial charge on any atom is 0.121 e. The number of rotatable bonds is 6. The quantitative estimate of drug-likeness (QED) is 0.123. The summed E-state index contributed by atoms with van der Waals surface area (Å²) in [4.78, 5) is 9.17. The number of pyridine rings is 2. The molecule has 1 radical (unpaired) electrons. The van der Waals surface area contributed by atoms with Crippen LogP contribution in [-0.4, -0.2) is 23.2 Å². The summed E-state index contributed by atoms with van der Waals surface area (Å²) in [6.07, 6.45) is -1.47. The van der Waals surface area contributed by atoms with Gasteiger partial charge in [-0.25, -0.2) is 0 Å². The second-order valence-corrected chi connectivity index (χ2v) is 29.2. The van der Waals surface area contributed by atoms with E-state index in [1.165, 1.54) is 17.8 Å². The van der Waals surface area contributed by atoms with Gasteiger partial charge in [0, 0.05) is 41.3 Å². The van der Waals surface area contributed by atoms with E-state index in [9.17, 15) is 0 Å². The molecule has 0 unspecified atom stereocenters. The van der Waals surface area contributed by atoms with Gasteiger partial charge < -0.3 is 9.40 Å². The minimum atomic E-state index is -2.41. The molecule has 4 aromatic carbocycles. The Morgan fingerprint density at radius 1 is 0.847 bits per heavy atom. The van der Waals surface area contributed by atoms with Gasteiger partial charge in [0.1, 0.15) is 5.58 Å². The van der Waals surface area contributed by atoms with Gasteiger partial charge in [-0.1, -0.05) is 86.6 Å². The van der Waals surface area contributed by atoms with Gasteiger partial charge in [-0.2, -0.15) is 0 Å². The number of hydrogen-bond donors (Lipinski definition) is 0. The van der Waals surface area contributed by atoms with Gasteiger partial charge in [0.2, 0.25) is 0 Å². The molecule has 309 valence electrons. The van der Waals surface area contributed by atoms with Gasteiger partial charge in [0.15, 0.2) is 0 Å². The first-order valence-electron chi connectivity index (χ1n) is 25.2. The molecule has 1 aliphatic carbocycles. The van der Waals surface area contributed by atoms with Gasteiger partial charge >= 0.3 is 155 Å². The zero-order valence-corrected chi connectivity index (χ0v) is 40.7. The summed E-state index contributed by atoms with van der Waals surface area (Å²) in [5.74, 6) is 6.12. The van der Waals surface area contributed by atoms with E-state index in [1.807, 2.05) is 83.3 Å². The van der Waals surface area contributed by atoms with Crippen LogP contribution in [0.5, 0.6) is 0 Å². The minimum absolute atomic E-state index is 0. The Morgan fingerprint density at radius 3 is 2.20 bits per heavy atom. The van der Waals surface area contributed by atoms with Crippen LogP contribution in [0, 0.1) is 24.4 Å². The average Bonchev–Trinajstić information content (AvgIpc) is 3.62. The van der Waals surface area contributed by atoms with Crippen LogP contribution in [0.4, 0.5) is 0 Å². The van der Waals surface area contributed by atoms with Crippen molar-refractivity contribution in [1.82, 2.24) is 9.97 Å². The Hall–Kier alpha value is -3.83. The fourth-order valence-corrected chi connectivity index (χ4v) is 10.2. The molecule has 5 heteroatoms. The van der Waals surface area contributed by atoms with Crippen LogP contribution in [0.3, 0.4) is 0 Å². The van der Waals surface area contributed by atoms with Crippen molar-refractivity contribution in [2.24, 2.45) is 5.41 Å². The number of aryl methyl sites for hydroxylation is 3. The van der Waals surface area contributed by atoms with E-state index >= 15 is 0 Å². The molecule has 1 aliphatic rings. The number of furan rings is 1. The number of benzene rings is 4. The summed E-state index contributed by atoms with van der Waals surface area (Å²) in [5, 5.41) is 1.10. The smallest absolute Gasteiger partial charge is 0.121 e. The van der Waals surface area contributed by atoms with Crippen LogP contribution in [0.2, 0.25) is 17.3 Å². The SMILES string of the molecule is [2H]C(C)(C)c1cc[c-]c(-c2cc(C([2H])([2H])C(C)(C)C)[c]([Ge]([CH3])([CH3])[CH3])cn2)c1.[2H]C([2H])([2H])c1c[c-]c(-c2cc3c(cn2)C([2H])([2H])CCC3([2H])[2H])c2oc3cc(-c4ccc(C(C)(C)C)cc4)ccc3c12.[Ir]. The van der Waals surface area contributed by atoms with Crippen LogP contribution in [0.25, 0.3) is 55.6 Å². The molecule has 0 aliphatic heterocycles. The summed E-state index contributed by atoms with van der Waals surface area (Å²) < 4.78 is 91.8. The van der Waals surface area contributed by atoms with E-state index in [0.29, 0.717) is 33.2 Å². The molecular formula is C54H62GeIrN2O-2. The molecule has 0 atom stereocenters. The normalized spacial score (nSPS) is 18.1. The van der Waals surface area contributed by atoms with E-state index in [1.54, 1.807) is 6.07 Å². The predicted octanol–water partition coefficient (Wildman–Crippen LogP) is 14.4. The molecule has 3 aromatic heterocycles. The molecular weight excluding hydrogens is 957 g/mol. The van der Waals surface area contributed by atoms with Crippen LogP contribution in [0.15, 0.2) is 95.7 Å². The van der Waals surface area contributed by atoms with Crippen LogP contribution in [0.1, 0.15) is 121 Å². The fourth-order valence-electron chi connectivity index (χ4n) is 7.26. The average molecular weight is 1030 g/mol. The second-order valence-electron chi connectivity index (χ2n) is 18.6. The molecule has 0 spiro atoms.